The van der Waals surface area contributed by atoms with Crippen molar-refractivity contribution in [2.75, 3.05) is 16.8 Å². The molecule has 1 aliphatic rings. The van der Waals surface area contributed by atoms with Crippen molar-refractivity contribution in [3.63, 3.8) is 0 Å². The van der Waals surface area contributed by atoms with E-state index in [-0.39, 0.29) is 23.2 Å². The Morgan fingerprint density at radius 3 is 2.80 bits per heavy atom. The van der Waals surface area contributed by atoms with Crippen molar-refractivity contribution in [1.82, 2.24) is 15.3 Å². The highest BCUT2D eigenvalue weighted by Crippen LogP contribution is 2.20. The molecule has 1 saturated heterocycles. The second-order valence-corrected chi connectivity index (χ2v) is 8.23. The minimum atomic E-state index is -3.04. The molecule has 2 heterocycles. The van der Waals surface area contributed by atoms with Crippen LogP contribution in [-0.2, 0) is 16.3 Å². The number of hydrogen-bond donors (Lipinski definition) is 2. The van der Waals surface area contributed by atoms with Crippen LogP contribution in [0.4, 0.5) is 11.5 Å². The van der Waals surface area contributed by atoms with Crippen LogP contribution in [-0.4, -0.2) is 41.8 Å². The molecule has 1 aromatic carbocycles. The van der Waals surface area contributed by atoms with Crippen molar-refractivity contribution < 1.29 is 13.2 Å². The summed E-state index contributed by atoms with van der Waals surface area (Å²) in [5, 5.41) is 5.93. The molecule has 1 unspecified atom stereocenters. The van der Waals surface area contributed by atoms with Crippen LogP contribution in [0.1, 0.15) is 29.4 Å². The minimum absolute atomic E-state index is 0.0151. The number of nitrogens with one attached hydrogen (secondary N) is 2. The minimum Gasteiger partial charge on any atom is -0.347 e. The van der Waals surface area contributed by atoms with Crippen LogP contribution in [0.3, 0.4) is 0 Å². The molecule has 1 aromatic heterocycles. The summed E-state index contributed by atoms with van der Waals surface area (Å²) in [7, 11) is -3.04. The zero-order valence-electron chi connectivity index (χ0n) is 13.9. The van der Waals surface area contributed by atoms with Gasteiger partial charge in [-0.2, -0.15) is 0 Å². The highest BCUT2D eigenvalue weighted by atomic mass is 32.2. The maximum absolute atomic E-state index is 12.3. The van der Waals surface area contributed by atoms with Crippen molar-refractivity contribution in [2.45, 2.75) is 25.8 Å². The topological polar surface area (TPSA) is 101 Å². The quantitative estimate of drug-likeness (QED) is 0.842. The Balaban J connectivity index is 1.72. The molecule has 7 nitrogen and oxygen atoms in total. The van der Waals surface area contributed by atoms with Gasteiger partial charge in [-0.05, 0) is 24.5 Å². The summed E-state index contributed by atoms with van der Waals surface area (Å²) >= 11 is 0. The Morgan fingerprint density at radius 2 is 2.08 bits per heavy atom. The number of benzene rings is 1. The van der Waals surface area contributed by atoms with Gasteiger partial charge in [0.05, 0.1) is 11.5 Å². The number of amides is 1. The SMILES string of the molecule is CCc1ccccc1Nc1cc(C(=O)NC2CCS(=O)(=O)C2)ncn1. The first kappa shape index (κ1) is 17.3. The van der Waals surface area contributed by atoms with Gasteiger partial charge in [0.15, 0.2) is 9.84 Å². The molecular formula is C17H20N4O3S. The van der Waals surface area contributed by atoms with Gasteiger partial charge in [0.1, 0.15) is 17.8 Å². The lowest BCUT2D eigenvalue weighted by Gasteiger charge is -2.12. The maximum Gasteiger partial charge on any atom is 0.270 e. The van der Waals surface area contributed by atoms with Crippen molar-refractivity contribution >= 4 is 27.2 Å². The third kappa shape index (κ3) is 4.33. The first-order valence-corrected chi connectivity index (χ1v) is 9.97. The Kier molecular flexibility index (Phi) is 4.98. The predicted octanol–water partition coefficient (Wildman–Crippen LogP) is 1.70. The Morgan fingerprint density at radius 1 is 1.28 bits per heavy atom. The van der Waals surface area contributed by atoms with Gasteiger partial charge in [-0.25, -0.2) is 18.4 Å². The molecule has 8 heteroatoms. The second kappa shape index (κ2) is 7.18. The summed E-state index contributed by atoms with van der Waals surface area (Å²) in [4.78, 5) is 20.5. The van der Waals surface area contributed by atoms with E-state index < -0.39 is 15.7 Å². The fourth-order valence-electron chi connectivity index (χ4n) is 2.81. The highest BCUT2D eigenvalue weighted by molar-refractivity contribution is 7.91. The summed E-state index contributed by atoms with van der Waals surface area (Å²) in [5.41, 5.74) is 2.27. The van der Waals surface area contributed by atoms with E-state index in [2.05, 4.69) is 27.5 Å². The van der Waals surface area contributed by atoms with Crippen LogP contribution in [0.2, 0.25) is 0 Å². The molecule has 0 aliphatic carbocycles. The van der Waals surface area contributed by atoms with E-state index >= 15 is 0 Å². The normalized spacial score (nSPS) is 18.7. The smallest absolute Gasteiger partial charge is 0.270 e. The van der Waals surface area contributed by atoms with Crippen LogP contribution >= 0.6 is 0 Å². The summed E-state index contributed by atoms with van der Waals surface area (Å²) in [6.45, 7) is 2.06. The molecule has 1 aliphatic heterocycles. The molecule has 25 heavy (non-hydrogen) atoms. The van der Waals surface area contributed by atoms with Gasteiger partial charge >= 0.3 is 0 Å². The lowest BCUT2D eigenvalue weighted by atomic mass is 10.1. The number of anilines is 2. The van der Waals surface area contributed by atoms with Gasteiger partial charge in [0, 0.05) is 17.8 Å². The fraction of sp³-hybridized carbons (Fsp3) is 0.353. The van der Waals surface area contributed by atoms with Crippen LogP contribution in [0.5, 0.6) is 0 Å². The van der Waals surface area contributed by atoms with Crippen LogP contribution < -0.4 is 10.6 Å². The summed E-state index contributed by atoms with van der Waals surface area (Å²) in [5.74, 6) is 0.220. The van der Waals surface area contributed by atoms with Crippen molar-refractivity contribution in [1.29, 1.82) is 0 Å². The van der Waals surface area contributed by atoms with Crippen molar-refractivity contribution in [2.24, 2.45) is 0 Å². The van der Waals surface area contributed by atoms with E-state index in [0.717, 1.165) is 17.7 Å². The molecule has 2 N–H and O–H groups in total. The standard InChI is InChI=1S/C17H20N4O3S/c1-2-12-5-3-4-6-14(12)21-16-9-15(18-11-19-16)17(22)20-13-7-8-25(23,24)10-13/h3-6,9,11,13H,2,7-8,10H2,1H3,(H,20,22)(H,18,19,21). The molecular weight excluding hydrogens is 340 g/mol. The average molecular weight is 360 g/mol. The van der Waals surface area contributed by atoms with Gasteiger partial charge in [-0.15, -0.1) is 0 Å². The van der Waals surface area contributed by atoms with Crippen molar-refractivity contribution in [3.8, 4) is 0 Å². The molecule has 1 fully saturated rings. The van der Waals surface area contributed by atoms with E-state index in [4.69, 9.17) is 0 Å². The Hall–Kier alpha value is -2.48. The monoisotopic (exact) mass is 360 g/mol. The highest BCUT2D eigenvalue weighted by Gasteiger charge is 2.29. The van der Waals surface area contributed by atoms with E-state index in [0.29, 0.717) is 12.2 Å². The first-order chi connectivity index (χ1) is 12.0. The second-order valence-electron chi connectivity index (χ2n) is 6.00. The summed E-state index contributed by atoms with van der Waals surface area (Å²) in [6.07, 6.45) is 2.63. The van der Waals surface area contributed by atoms with Crippen LogP contribution in [0.15, 0.2) is 36.7 Å². The Labute approximate surface area is 146 Å². The molecule has 0 radical (unpaired) electrons. The van der Waals surface area contributed by atoms with Gasteiger partial charge in [0.25, 0.3) is 5.91 Å². The van der Waals surface area contributed by atoms with E-state index in [1.54, 1.807) is 6.07 Å². The number of nitrogens with zero attached hydrogens (tertiary/aromatic N) is 2. The number of carbonyl (C=O) groups excluding carboxylic acids is 1. The van der Waals surface area contributed by atoms with Crippen LogP contribution in [0, 0.1) is 0 Å². The average Bonchev–Trinajstić information content (AvgIpc) is 2.94. The molecule has 0 spiro atoms. The fourth-order valence-corrected chi connectivity index (χ4v) is 4.48. The summed E-state index contributed by atoms with van der Waals surface area (Å²) < 4.78 is 23.0. The molecule has 2 aromatic rings. The zero-order chi connectivity index (χ0) is 17.9. The van der Waals surface area contributed by atoms with Gasteiger partial charge < -0.3 is 10.6 Å². The zero-order valence-corrected chi connectivity index (χ0v) is 14.7. The summed E-state index contributed by atoms with van der Waals surface area (Å²) in [6, 6.07) is 9.08. The third-order valence-corrected chi connectivity index (χ3v) is 5.90. The number of para-hydroxylation sites is 1. The molecule has 132 valence electrons. The number of hydrogen-bond acceptors (Lipinski definition) is 6. The van der Waals surface area contributed by atoms with E-state index in [1.165, 1.54) is 6.33 Å². The molecule has 1 amide bonds. The number of carbonyl (C=O) groups is 1. The van der Waals surface area contributed by atoms with Crippen molar-refractivity contribution in [3.05, 3.63) is 47.9 Å². The maximum atomic E-state index is 12.3. The number of rotatable bonds is 5. The molecule has 3 rings (SSSR count). The largest absolute Gasteiger partial charge is 0.347 e. The van der Waals surface area contributed by atoms with Gasteiger partial charge in [-0.3, -0.25) is 4.79 Å². The van der Waals surface area contributed by atoms with Crippen LogP contribution in [0.25, 0.3) is 0 Å². The lowest BCUT2D eigenvalue weighted by molar-refractivity contribution is 0.0936. The third-order valence-electron chi connectivity index (χ3n) is 4.13. The number of sulfone groups is 1. The lowest BCUT2D eigenvalue weighted by Crippen LogP contribution is -2.36. The van der Waals surface area contributed by atoms with E-state index in [9.17, 15) is 13.2 Å². The number of aromatic nitrogens is 2. The predicted molar refractivity (Wildman–Crippen MR) is 95.7 cm³/mol. The molecule has 1 atom stereocenters. The van der Waals surface area contributed by atoms with Gasteiger partial charge in [0.2, 0.25) is 0 Å². The first-order valence-electron chi connectivity index (χ1n) is 8.15. The van der Waals surface area contributed by atoms with E-state index in [1.807, 2.05) is 24.3 Å². The molecule has 0 saturated carbocycles. The number of aryl methyl sites for hydroxylation is 1. The van der Waals surface area contributed by atoms with Gasteiger partial charge in [-0.1, -0.05) is 25.1 Å². The Bertz CT molecular complexity index is 883. The molecule has 0 bridgehead atoms.